The lowest BCUT2D eigenvalue weighted by atomic mass is 9.98. The van der Waals surface area contributed by atoms with E-state index in [-0.39, 0.29) is 0 Å². The largest absolute Gasteiger partial charge is 0.497 e. The summed E-state index contributed by atoms with van der Waals surface area (Å²) in [6.45, 7) is 13.9. The zero-order chi connectivity index (χ0) is 19.8. The molecule has 1 unspecified atom stereocenters. The van der Waals surface area contributed by atoms with Crippen LogP contribution in [0.5, 0.6) is 5.75 Å². The number of anilines is 1. The van der Waals surface area contributed by atoms with Gasteiger partial charge >= 0.3 is 0 Å². The molecule has 3 rings (SSSR count). The second-order valence-electron chi connectivity index (χ2n) is 7.77. The number of hydrogen-bond donors (Lipinski definition) is 1. The zero-order valence-corrected chi connectivity index (χ0v) is 17.9. The van der Waals surface area contributed by atoms with Crippen molar-refractivity contribution in [3.8, 4) is 5.75 Å². The second-order valence-corrected chi connectivity index (χ2v) is 7.77. The summed E-state index contributed by atoms with van der Waals surface area (Å²) in [5.41, 5.74) is 1.24. The molecule has 0 aliphatic carbocycles. The van der Waals surface area contributed by atoms with Crippen LogP contribution in [0.25, 0.3) is 0 Å². The highest BCUT2D eigenvalue weighted by Gasteiger charge is 2.22. The predicted molar refractivity (Wildman–Crippen MR) is 118 cm³/mol. The summed E-state index contributed by atoms with van der Waals surface area (Å²) >= 11 is 0. The van der Waals surface area contributed by atoms with Crippen LogP contribution in [0.1, 0.15) is 26.7 Å². The van der Waals surface area contributed by atoms with Gasteiger partial charge in [0, 0.05) is 57.6 Å². The molecule has 0 saturated carbocycles. The molecular formula is C22H37N5O. The SMILES string of the molecule is CCNC(=NCC1CCCN(CC)C1)N1CCN(c2cccc(OC)c2)CC1. The molecule has 2 aliphatic heterocycles. The Bertz CT molecular complexity index is 627. The van der Waals surface area contributed by atoms with Crippen molar-refractivity contribution in [1.29, 1.82) is 0 Å². The number of nitrogens with zero attached hydrogens (tertiary/aromatic N) is 4. The number of guanidine groups is 1. The first-order chi connectivity index (χ1) is 13.7. The summed E-state index contributed by atoms with van der Waals surface area (Å²) in [4.78, 5) is 12.4. The van der Waals surface area contributed by atoms with Crippen LogP contribution in [0.4, 0.5) is 5.69 Å². The van der Waals surface area contributed by atoms with Gasteiger partial charge in [-0.25, -0.2) is 0 Å². The van der Waals surface area contributed by atoms with Gasteiger partial charge < -0.3 is 24.8 Å². The van der Waals surface area contributed by atoms with Crippen LogP contribution in [0.2, 0.25) is 0 Å². The third kappa shape index (κ3) is 5.53. The van der Waals surface area contributed by atoms with E-state index in [9.17, 15) is 0 Å². The van der Waals surface area contributed by atoms with Crippen molar-refractivity contribution >= 4 is 11.6 Å². The summed E-state index contributed by atoms with van der Waals surface area (Å²) in [5.74, 6) is 2.70. The third-order valence-electron chi connectivity index (χ3n) is 5.88. The molecule has 2 heterocycles. The average molecular weight is 388 g/mol. The lowest BCUT2D eigenvalue weighted by molar-refractivity contribution is 0.186. The van der Waals surface area contributed by atoms with E-state index in [4.69, 9.17) is 9.73 Å². The molecule has 1 aromatic rings. The minimum Gasteiger partial charge on any atom is -0.497 e. The molecule has 0 bridgehead atoms. The maximum Gasteiger partial charge on any atom is 0.194 e. The Hall–Kier alpha value is -1.95. The van der Waals surface area contributed by atoms with Crippen molar-refractivity contribution in [2.45, 2.75) is 26.7 Å². The van der Waals surface area contributed by atoms with E-state index in [1.807, 2.05) is 6.07 Å². The molecule has 2 fully saturated rings. The number of benzene rings is 1. The van der Waals surface area contributed by atoms with Gasteiger partial charge in [0.2, 0.25) is 0 Å². The number of nitrogens with one attached hydrogen (secondary N) is 1. The molecule has 0 aromatic heterocycles. The van der Waals surface area contributed by atoms with Gasteiger partial charge in [-0.3, -0.25) is 4.99 Å². The standard InChI is InChI=1S/C22H37N5O/c1-4-23-22(24-17-19-8-7-11-25(5-2)18-19)27-14-12-26(13-15-27)20-9-6-10-21(16-20)28-3/h6,9-10,16,19H,4-5,7-8,11-15,17-18H2,1-3H3,(H,23,24). The predicted octanol–water partition coefficient (Wildman–Crippen LogP) is 2.51. The van der Waals surface area contributed by atoms with E-state index in [1.54, 1.807) is 7.11 Å². The van der Waals surface area contributed by atoms with Crippen molar-refractivity contribution in [2.24, 2.45) is 10.9 Å². The minimum absolute atomic E-state index is 0.695. The summed E-state index contributed by atoms with van der Waals surface area (Å²) in [7, 11) is 1.72. The van der Waals surface area contributed by atoms with Crippen LogP contribution < -0.4 is 15.0 Å². The van der Waals surface area contributed by atoms with Gasteiger partial charge in [0.25, 0.3) is 0 Å². The molecule has 1 N–H and O–H groups in total. The van der Waals surface area contributed by atoms with Crippen LogP contribution in [-0.2, 0) is 0 Å². The van der Waals surface area contributed by atoms with E-state index in [0.29, 0.717) is 5.92 Å². The molecule has 28 heavy (non-hydrogen) atoms. The average Bonchev–Trinajstić information content (AvgIpc) is 2.77. The number of methoxy groups -OCH3 is 1. The maximum atomic E-state index is 5.37. The van der Waals surface area contributed by atoms with Gasteiger partial charge in [-0.2, -0.15) is 0 Å². The van der Waals surface area contributed by atoms with Crippen LogP contribution in [0.3, 0.4) is 0 Å². The molecule has 0 radical (unpaired) electrons. The number of ether oxygens (including phenoxy) is 1. The van der Waals surface area contributed by atoms with E-state index >= 15 is 0 Å². The fourth-order valence-electron chi connectivity index (χ4n) is 4.21. The molecule has 1 aromatic carbocycles. The molecule has 6 heteroatoms. The van der Waals surface area contributed by atoms with E-state index in [2.05, 4.69) is 52.1 Å². The summed E-state index contributed by atoms with van der Waals surface area (Å²) < 4.78 is 5.37. The minimum atomic E-state index is 0.695. The Labute approximate surface area is 170 Å². The lowest BCUT2D eigenvalue weighted by Gasteiger charge is -2.38. The molecule has 2 saturated heterocycles. The summed E-state index contributed by atoms with van der Waals surface area (Å²) in [6, 6.07) is 8.36. The topological polar surface area (TPSA) is 43.3 Å². The smallest absolute Gasteiger partial charge is 0.194 e. The number of aliphatic imine (C=N–C) groups is 1. The molecule has 6 nitrogen and oxygen atoms in total. The third-order valence-corrected chi connectivity index (χ3v) is 5.88. The quantitative estimate of drug-likeness (QED) is 0.600. The van der Waals surface area contributed by atoms with Gasteiger partial charge in [-0.05, 0) is 50.9 Å². The number of piperazine rings is 1. The van der Waals surface area contributed by atoms with Crippen molar-refractivity contribution in [2.75, 3.05) is 70.9 Å². The van der Waals surface area contributed by atoms with E-state index in [1.165, 1.54) is 31.6 Å². The zero-order valence-electron chi connectivity index (χ0n) is 17.9. The number of likely N-dealkylation sites (tertiary alicyclic amines) is 1. The van der Waals surface area contributed by atoms with E-state index < -0.39 is 0 Å². The van der Waals surface area contributed by atoms with Crippen molar-refractivity contribution < 1.29 is 4.74 Å². The highest BCUT2D eigenvalue weighted by Crippen LogP contribution is 2.22. The highest BCUT2D eigenvalue weighted by molar-refractivity contribution is 5.80. The van der Waals surface area contributed by atoms with Gasteiger partial charge in [0.15, 0.2) is 5.96 Å². The van der Waals surface area contributed by atoms with Crippen LogP contribution in [0.15, 0.2) is 29.3 Å². The van der Waals surface area contributed by atoms with Crippen molar-refractivity contribution in [3.05, 3.63) is 24.3 Å². The first kappa shape index (κ1) is 20.8. The van der Waals surface area contributed by atoms with Gasteiger partial charge in [0.1, 0.15) is 5.75 Å². The maximum absolute atomic E-state index is 5.37. The van der Waals surface area contributed by atoms with Gasteiger partial charge in [-0.15, -0.1) is 0 Å². The summed E-state index contributed by atoms with van der Waals surface area (Å²) in [5, 5.41) is 3.51. The number of hydrogen-bond acceptors (Lipinski definition) is 4. The molecule has 0 amide bonds. The van der Waals surface area contributed by atoms with Gasteiger partial charge in [-0.1, -0.05) is 13.0 Å². The Morgan fingerprint density at radius 1 is 1.18 bits per heavy atom. The van der Waals surface area contributed by atoms with Crippen LogP contribution in [-0.4, -0.2) is 81.8 Å². The highest BCUT2D eigenvalue weighted by atomic mass is 16.5. The molecular weight excluding hydrogens is 350 g/mol. The normalized spacial score (nSPS) is 21.7. The first-order valence-electron chi connectivity index (χ1n) is 10.9. The number of piperidine rings is 1. The monoisotopic (exact) mass is 387 g/mol. The lowest BCUT2D eigenvalue weighted by Crippen LogP contribution is -2.52. The fourth-order valence-corrected chi connectivity index (χ4v) is 4.21. The summed E-state index contributed by atoms with van der Waals surface area (Å²) in [6.07, 6.45) is 2.62. The first-order valence-corrected chi connectivity index (χ1v) is 10.9. The number of rotatable bonds is 6. The van der Waals surface area contributed by atoms with Crippen LogP contribution >= 0.6 is 0 Å². The Balaban J connectivity index is 1.56. The molecule has 156 valence electrons. The van der Waals surface area contributed by atoms with Crippen LogP contribution in [0, 0.1) is 5.92 Å². The second kappa shape index (κ2) is 10.6. The Morgan fingerprint density at radius 3 is 2.71 bits per heavy atom. The van der Waals surface area contributed by atoms with E-state index in [0.717, 1.165) is 57.5 Å². The molecule has 2 aliphatic rings. The Kier molecular flexibility index (Phi) is 7.83. The fraction of sp³-hybridized carbons (Fsp3) is 0.682. The van der Waals surface area contributed by atoms with Crippen molar-refractivity contribution in [1.82, 2.24) is 15.1 Å². The Morgan fingerprint density at radius 2 is 2.00 bits per heavy atom. The van der Waals surface area contributed by atoms with Gasteiger partial charge in [0.05, 0.1) is 7.11 Å². The van der Waals surface area contributed by atoms with Crippen molar-refractivity contribution in [3.63, 3.8) is 0 Å². The molecule has 0 spiro atoms. The molecule has 1 atom stereocenters.